The molecule has 0 saturated carbocycles. The molecular weight excluding hydrogens is 250 g/mol. The van der Waals surface area contributed by atoms with Gasteiger partial charge in [-0.15, -0.1) is 0 Å². The molecule has 0 unspecified atom stereocenters. The Hall–Kier alpha value is -1.35. The zero-order valence-corrected chi connectivity index (χ0v) is 12.6. The topological polar surface area (TPSA) is 49.3 Å². The molecule has 0 aliphatic rings. The van der Waals surface area contributed by atoms with Crippen LogP contribution in [0.3, 0.4) is 0 Å². The van der Waals surface area contributed by atoms with E-state index >= 15 is 0 Å². The lowest BCUT2D eigenvalue weighted by molar-refractivity contribution is 0.0801. The molecule has 1 aromatic rings. The minimum absolute atomic E-state index is 0.106. The van der Waals surface area contributed by atoms with Gasteiger partial charge in [0, 0.05) is 5.56 Å². The van der Waals surface area contributed by atoms with Gasteiger partial charge in [-0.1, -0.05) is 57.7 Å². The number of hydrogen-bond acceptors (Lipinski definition) is 2. The summed E-state index contributed by atoms with van der Waals surface area (Å²) in [6.07, 6.45) is 5.62. The van der Waals surface area contributed by atoms with Crippen molar-refractivity contribution >= 4 is 5.91 Å². The van der Waals surface area contributed by atoms with Gasteiger partial charge in [0.15, 0.2) is 0 Å². The minimum atomic E-state index is -0.454. The van der Waals surface area contributed by atoms with Crippen LogP contribution < -0.4 is 5.32 Å². The normalized spacial score (nSPS) is 13.8. The van der Waals surface area contributed by atoms with Crippen LogP contribution in [0.5, 0.6) is 0 Å². The summed E-state index contributed by atoms with van der Waals surface area (Å²) in [6, 6.07) is 8.99. The Labute approximate surface area is 122 Å². The summed E-state index contributed by atoms with van der Waals surface area (Å²) in [6.45, 7) is 4.16. The van der Waals surface area contributed by atoms with E-state index < -0.39 is 6.10 Å². The number of aliphatic hydroxyl groups is 1. The van der Waals surface area contributed by atoms with Crippen LogP contribution in [0.15, 0.2) is 30.3 Å². The molecule has 2 atom stereocenters. The SMILES string of the molecule is CCCCCC[C@H](O)[C@@H](CC)NC(=O)c1ccccc1. The monoisotopic (exact) mass is 277 g/mol. The van der Waals surface area contributed by atoms with Crippen molar-refractivity contribution in [3.05, 3.63) is 35.9 Å². The van der Waals surface area contributed by atoms with E-state index in [1.165, 1.54) is 12.8 Å². The van der Waals surface area contributed by atoms with Crippen LogP contribution in [-0.4, -0.2) is 23.2 Å². The van der Waals surface area contributed by atoms with Gasteiger partial charge >= 0.3 is 0 Å². The van der Waals surface area contributed by atoms with E-state index in [-0.39, 0.29) is 11.9 Å². The molecule has 0 saturated heterocycles. The molecule has 1 amide bonds. The summed E-state index contributed by atoms with van der Waals surface area (Å²) < 4.78 is 0. The lowest BCUT2D eigenvalue weighted by atomic mass is 10.0. The summed E-state index contributed by atoms with van der Waals surface area (Å²) in [5, 5.41) is 13.1. The largest absolute Gasteiger partial charge is 0.391 e. The first-order chi connectivity index (χ1) is 9.69. The third kappa shape index (κ3) is 5.74. The van der Waals surface area contributed by atoms with E-state index in [0.717, 1.165) is 25.7 Å². The number of aliphatic hydroxyl groups excluding tert-OH is 1. The standard InChI is InChI=1S/C17H27NO2/c1-3-5-6-10-13-16(19)15(4-2)18-17(20)14-11-8-7-9-12-14/h7-9,11-12,15-16,19H,3-6,10,13H2,1-2H3,(H,18,20)/t15-,16+/m1/s1. The number of unbranched alkanes of at least 4 members (excludes halogenated alkanes) is 3. The lowest BCUT2D eigenvalue weighted by Crippen LogP contribution is -2.42. The Morgan fingerprint density at radius 3 is 2.45 bits per heavy atom. The highest BCUT2D eigenvalue weighted by atomic mass is 16.3. The Balaban J connectivity index is 2.43. The molecule has 112 valence electrons. The highest BCUT2D eigenvalue weighted by molar-refractivity contribution is 5.94. The number of carbonyl (C=O) groups excluding carboxylic acids is 1. The molecular formula is C17H27NO2. The van der Waals surface area contributed by atoms with E-state index in [9.17, 15) is 9.90 Å². The van der Waals surface area contributed by atoms with Crippen LogP contribution >= 0.6 is 0 Å². The molecule has 0 aliphatic heterocycles. The van der Waals surface area contributed by atoms with Crippen molar-refractivity contribution in [3.63, 3.8) is 0 Å². The molecule has 0 spiro atoms. The maximum Gasteiger partial charge on any atom is 0.251 e. The van der Waals surface area contributed by atoms with Crippen molar-refractivity contribution in [2.24, 2.45) is 0 Å². The first-order valence-corrected chi connectivity index (χ1v) is 7.73. The quantitative estimate of drug-likeness (QED) is 0.678. The summed E-state index contributed by atoms with van der Waals surface area (Å²) in [7, 11) is 0. The molecule has 0 fully saturated rings. The molecule has 0 heterocycles. The minimum Gasteiger partial charge on any atom is -0.391 e. The van der Waals surface area contributed by atoms with E-state index in [1.54, 1.807) is 12.1 Å². The Bertz CT molecular complexity index is 378. The smallest absolute Gasteiger partial charge is 0.251 e. The van der Waals surface area contributed by atoms with Crippen molar-refractivity contribution in [1.82, 2.24) is 5.32 Å². The molecule has 1 rings (SSSR count). The average Bonchev–Trinajstić information content (AvgIpc) is 2.49. The summed E-state index contributed by atoms with van der Waals surface area (Å²) >= 11 is 0. The molecule has 1 aromatic carbocycles. The number of carbonyl (C=O) groups is 1. The summed E-state index contributed by atoms with van der Waals surface area (Å²) in [4.78, 5) is 12.1. The number of rotatable bonds is 9. The van der Waals surface area contributed by atoms with Crippen LogP contribution in [0, 0.1) is 0 Å². The molecule has 0 aromatic heterocycles. The predicted octanol–water partition coefficient (Wildman–Crippen LogP) is 3.53. The van der Waals surface area contributed by atoms with E-state index in [2.05, 4.69) is 12.2 Å². The first-order valence-electron chi connectivity index (χ1n) is 7.73. The van der Waals surface area contributed by atoms with Gasteiger partial charge in [-0.3, -0.25) is 4.79 Å². The van der Waals surface area contributed by atoms with Crippen molar-refractivity contribution < 1.29 is 9.90 Å². The number of benzene rings is 1. The molecule has 0 radical (unpaired) electrons. The predicted molar refractivity (Wildman–Crippen MR) is 82.8 cm³/mol. The fraction of sp³-hybridized carbons (Fsp3) is 0.588. The fourth-order valence-electron chi connectivity index (χ4n) is 2.29. The van der Waals surface area contributed by atoms with Crippen LogP contribution in [0.4, 0.5) is 0 Å². The van der Waals surface area contributed by atoms with Crippen molar-refractivity contribution in [1.29, 1.82) is 0 Å². The number of amides is 1. The maximum atomic E-state index is 12.1. The van der Waals surface area contributed by atoms with Crippen molar-refractivity contribution in [2.45, 2.75) is 64.5 Å². The second-order valence-electron chi connectivity index (χ2n) is 5.27. The Kier molecular flexibility index (Phi) is 7.97. The van der Waals surface area contributed by atoms with Crippen molar-refractivity contribution in [3.8, 4) is 0 Å². The molecule has 2 N–H and O–H groups in total. The van der Waals surface area contributed by atoms with Crippen molar-refractivity contribution in [2.75, 3.05) is 0 Å². The number of nitrogens with one attached hydrogen (secondary N) is 1. The second-order valence-corrected chi connectivity index (χ2v) is 5.27. The van der Waals surface area contributed by atoms with Gasteiger partial charge in [-0.05, 0) is 25.0 Å². The third-order valence-electron chi connectivity index (χ3n) is 3.61. The highest BCUT2D eigenvalue weighted by Crippen LogP contribution is 2.11. The van der Waals surface area contributed by atoms with Gasteiger partial charge in [0.05, 0.1) is 12.1 Å². The van der Waals surface area contributed by atoms with Crippen LogP contribution in [0.1, 0.15) is 62.7 Å². The van der Waals surface area contributed by atoms with Crippen LogP contribution in [-0.2, 0) is 0 Å². The molecule has 3 heteroatoms. The van der Waals surface area contributed by atoms with Gasteiger partial charge in [0.1, 0.15) is 0 Å². The zero-order chi connectivity index (χ0) is 14.8. The van der Waals surface area contributed by atoms with Crippen LogP contribution in [0.2, 0.25) is 0 Å². The maximum absolute atomic E-state index is 12.1. The van der Waals surface area contributed by atoms with Crippen LogP contribution in [0.25, 0.3) is 0 Å². The van der Waals surface area contributed by atoms with Gasteiger partial charge in [0.25, 0.3) is 5.91 Å². The molecule has 0 bridgehead atoms. The molecule has 0 aliphatic carbocycles. The first kappa shape index (κ1) is 16.7. The van der Waals surface area contributed by atoms with E-state index in [1.807, 2.05) is 25.1 Å². The molecule has 3 nitrogen and oxygen atoms in total. The van der Waals surface area contributed by atoms with E-state index in [4.69, 9.17) is 0 Å². The Morgan fingerprint density at radius 1 is 1.15 bits per heavy atom. The molecule has 20 heavy (non-hydrogen) atoms. The van der Waals surface area contributed by atoms with Gasteiger partial charge in [-0.25, -0.2) is 0 Å². The highest BCUT2D eigenvalue weighted by Gasteiger charge is 2.19. The van der Waals surface area contributed by atoms with Gasteiger partial charge in [-0.2, -0.15) is 0 Å². The van der Waals surface area contributed by atoms with E-state index in [0.29, 0.717) is 5.56 Å². The summed E-state index contributed by atoms with van der Waals surface area (Å²) in [5.74, 6) is -0.106. The second kappa shape index (κ2) is 9.54. The lowest BCUT2D eigenvalue weighted by Gasteiger charge is -2.23. The Morgan fingerprint density at radius 2 is 1.85 bits per heavy atom. The van der Waals surface area contributed by atoms with Gasteiger partial charge < -0.3 is 10.4 Å². The van der Waals surface area contributed by atoms with Gasteiger partial charge in [0.2, 0.25) is 0 Å². The summed E-state index contributed by atoms with van der Waals surface area (Å²) in [5.41, 5.74) is 0.643. The average molecular weight is 277 g/mol. The third-order valence-corrected chi connectivity index (χ3v) is 3.61. The fourth-order valence-corrected chi connectivity index (χ4v) is 2.29. The number of hydrogen-bond donors (Lipinski definition) is 2. The zero-order valence-electron chi connectivity index (χ0n) is 12.6.